The number of hydrogen-bond donors (Lipinski definition) is 3. The number of anilines is 1. The number of carbonyl (C=O) groups is 2. The Kier molecular flexibility index (Phi) is 4.45. The Balaban J connectivity index is 1.79. The second kappa shape index (κ2) is 6.54. The number of nitrogens with one attached hydrogen (secondary N) is 2. The van der Waals surface area contributed by atoms with Gasteiger partial charge < -0.3 is 10.7 Å². The van der Waals surface area contributed by atoms with E-state index in [4.69, 9.17) is 5.73 Å². The van der Waals surface area contributed by atoms with Gasteiger partial charge in [-0.05, 0) is 40.2 Å². The smallest absolute Gasteiger partial charge is 0.265 e. The minimum Gasteiger partial charge on any atom is -0.364 e. The van der Waals surface area contributed by atoms with E-state index in [1.807, 2.05) is 0 Å². The van der Waals surface area contributed by atoms with Crippen LogP contribution >= 0.6 is 27.3 Å². The van der Waals surface area contributed by atoms with Crippen molar-refractivity contribution in [3.05, 3.63) is 57.4 Å². The Morgan fingerprint density at radius 2 is 2.12 bits per heavy atom. The summed E-state index contributed by atoms with van der Waals surface area (Å²) < 4.78 is 13.8. The zero-order valence-corrected chi connectivity index (χ0v) is 14.4. The van der Waals surface area contributed by atoms with Crippen LogP contribution in [0.15, 0.2) is 40.3 Å². The summed E-state index contributed by atoms with van der Waals surface area (Å²) in [5, 5.41) is 4.70. The van der Waals surface area contributed by atoms with Crippen LogP contribution in [0.5, 0.6) is 0 Å². The van der Waals surface area contributed by atoms with Crippen molar-refractivity contribution < 1.29 is 14.0 Å². The van der Waals surface area contributed by atoms with Gasteiger partial charge in [-0.1, -0.05) is 0 Å². The molecule has 9 heteroatoms. The average Bonchev–Trinajstić information content (AvgIpc) is 3.18. The van der Waals surface area contributed by atoms with E-state index in [2.05, 4.69) is 31.2 Å². The summed E-state index contributed by atoms with van der Waals surface area (Å²) in [6.45, 7) is 0. The lowest BCUT2D eigenvalue weighted by Gasteiger charge is -2.04. The highest BCUT2D eigenvalue weighted by atomic mass is 79.9. The van der Waals surface area contributed by atoms with E-state index >= 15 is 0 Å². The summed E-state index contributed by atoms with van der Waals surface area (Å²) in [4.78, 5) is 30.3. The van der Waals surface area contributed by atoms with E-state index in [0.29, 0.717) is 20.9 Å². The van der Waals surface area contributed by atoms with Gasteiger partial charge in [0.2, 0.25) is 0 Å². The molecule has 0 spiro atoms. The fourth-order valence-corrected chi connectivity index (χ4v) is 3.13. The third kappa shape index (κ3) is 3.36. The number of carbonyl (C=O) groups excluding carboxylic acids is 2. The molecule has 2 amide bonds. The first-order valence-corrected chi connectivity index (χ1v) is 8.32. The van der Waals surface area contributed by atoms with Crippen molar-refractivity contribution in [2.75, 3.05) is 5.32 Å². The second-order valence-electron chi connectivity index (χ2n) is 4.78. The molecular formula is C15H10BrFN4O2S. The number of benzene rings is 1. The molecule has 122 valence electrons. The minimum atomic E-state index is -0.569. The molecule has 24 heavy (non-hydrogen) atoms. The van der Waals surface area contributed by atoms with Crippen LogP contribution in [0, 0.1) is 5.82 Å². The Hall–Kier alpha value is -2.52. The molecule has 0 saturated heterocycles. The Bertz CT molecular complexity index is 937. The summed E-state index contributed by atoms with van der Waals surface area (Å²) in [5.41, 5.74) is 6.88. The Morgan fingerprint density at radius 3 is 2.83 bits per heavy atom. The van der Waals surface area contributed by atoms with E-state index in [1.165, 1.54) is 23.5 Å². The van der Waals surface area contributed by atoms with Crippen LogP contribution in [0.2, 0.25) is 0 Å². The summed E-state index contributed by atoms with van der Waals surface area (Å²) in [7, 11) is 0. The standard InChI is InChI=1S/C15H10BrFN4O2S/c16-10-2-1-8(17)4-9(10)14(23)21-15-20-12(6-24-15)7-3-11(13(18)22)19-5-7/h1-6,19H,(H2,18,22)(H,20,21,23). The lowest BCUT2D eigenvalue weighted by atomic mass is 10.2. The molecule has 0 aliphatic heterocycles. The molecule has 0 fully saturated rings. The zero-order chi connectivity index (χ0) is 17.3. The third-order valence-corrected chi connectivity index (χ3v) is 4.59. The topological polar surface area (TPSA) is 101 Å². The lowest BCUT2D eigenvalue weighted by molar-refractivity contribution is 0.0994. The van der Waals surface area contributed by atoms with E-state index < -0.39 is 17.6 Å². The Labute approximate surface area is 148 Å². The maximum absolute atomic E-state index is 13.3. The first kappa shape index (κ1) is 16.3. The highest BCUT2D eigenvalue weighted by Crippen LogP contribution is 2.26. The molecule has 0 saturated carbocycles. The monoisotopic (exact) mass is 408 g/mol. The average molecular weight is 409 g/mol. The quantitative estimate of drug-likeness (QED) is 0.616. The SMILES string of the molecule is NC(=O)c1cc(-c2csc(NC(=O)c3cc(F)ccc3Br)n2)c[nH]1. The Morgan fingerprint density at radius 1 is 1.33 bits per heavy atom. The third-order valence-electron chi connectivity index (χ3n) is 3.14. The fraction of sp³-hybridized carbons (Fsp3) is 0. The molecule has 0 atom stereocenters. The highest BCUT2D eigenvalue weighted by Gasteiger charge is 2.14. The number of nitrogens with zero attached hydrogens (tertiary/aromatic N) is 1. The second-order valence-corrected chi connectivity index (χ2v) is 6.49. The van der Waals surface area contributed by atoms with Gasteiger partial charge in [-0.2, -0.15) is 0 Å². The summed E-state index contributed by atoms with van der Waals surface area (Å²) in [6.07, 6.45) is 1.60. The van der Waals surface area contributed by atoms with Crippen molar-refractivity contribution in [2.45, 2.75) is 0 Å². The molecule has 2 aromatic heterocycles. The van der Waals surface area contributed by atoms with Crippen LogP contribution in [0.25, 0.3) is 11.3 Å². The number of amides is 2. The van der Waals surface area contributed by atoms with Gasteiger partial charge in [-0.25, -0.2) is 9.37 Å². The van der Waals surface area contributed by atoms with Gasteiger partial charge in [0.05, 0.1) is 11.3 Å². The first-order valence-electron chi connectivity index (χ1n) is 6.64. The molecule has 0 aliphatic rings. The van der Waals surface area contributed by atoms with E-state index in [-0.39, 0.29) is 11.3 Å². The van der Waals surface area contributed by atoms with Crippen LogP contribution in [-0.4, -0.2) is 21.8 Å². The first-order chi connectivity index (χ1) is 11.4. The predicted molar refractivity (Wildman–Crippen MR) is 92.5 cm³/mol. The number of aromatic amines is 1. The summed E-state index contributed by atoms with van der Waals surface area (Å²) >= 11 is 4.42. The fourth-order valence-electron chi connectivity index (χ4n) is 1.98. The van der Waals surface area contributed by atoms with Crippen LogP contribution in [0.4, 0.5) is 9.52 Å². The zero-order valence-electron chi connectivity index (χ0n) is 12.0. The molecule has 1 aromatic carbocycles. The van der Waals surface area contributed by atoms with Crippen LogP contribution in [0.3, 0.4) is 0 Å². The lowest BCUT2D eigenvalue weighted by Crippen LogP contribution is -2.12. The van der Waals surface area contributed by atoms with Crippen LogP contribution in [-0.2, 0) is 0 Å². The molecule has 6 nitrogen and oxygen atoms in total. The maximum atomic E-state index is 13.3. The number of thiazole rings is 1. The maximum Gasteiger partial charge on any atom is 0.265 e. The molecule has 3 aromatic rings. The van der Waals surface area contributed by atoms with Crippen molar-refractivity contribution in [3.63, 3.8) is 0 Å². The molecule has 3 rings (SSSR count). The minimum absolute atomic E-state index is 0.171. The van der Waals surface area contributed by atoms with Crippen molar-refractivity contribution in [1.29, 1.82) is 0 Å². The molecule has 0 aliphatic carbocycles. The number of hydrogen-bond acceptors (Lipinski definition) is 4. The molecule has 2 heterocycles. The van der Waals surface area contributed by atoms with Crippen molar-refractivity contribution in [1.82, 2.24) is 9.97 Å². The molecule has 0 radical (unpaired) electrons. The molecule has 0 unspecified atom stereocenters. The highest BCUT2D eigenvalue weighted by molar-refractivity contribution is 9.10. The van der Waals surface area contributed by atoms with E-state index in [9.17, 15) is 14.0 Å². The van der Waals surface area contributed by atoms with Gasteiger partial charge >= 0.3 is 0 Å². The number of rotatable bonds is 4. The van der Waals surface area contributed by atoms with Gasteiger partial charge in [0.1, 0.15) is 11.5 Å². The van der Waals surface area contributed by atoms with E-state index in [1.54, 1.807) is 17.6 Å². The molecular weight excluding hydrogens is 399 g/mol. The van der Waals surface area contributed by atoms with Crippen LogP contribution in [0.1, 0.15) is 20.8 Å². The number of halogens is 2. The van der Waals surface area contributed by atoms with Gasteiger partial charge in [-0.15, -0.1) is 11.3 Å². The molecule has 4 N–H and O–H groups in total. The molecule has 0 bridgehead atoms. The number of nitrogens with two attached hydrogens (primary N) is 1. The van der Waals surface area contributed by atoms with Crippen molar-refractivity contribution in [2.24, 2.45) is 5.73 Å². The number of primary amides is 1. The van der Waals surface area contributed by atoms with Gasteiger partial charge in [0, 0.05) is 21.6 Å². The van der Waals surface area contributed by atoms with E-state index in [0.717, 1.165) is 6.07 Å². The van der Waals surface area contributed by atoms with Crippen molar-refractivity contribution >= 4 is 44.2 Å². The predicted octanol–water partition coefficient (Wildman–Crippen LogP) is 3.39. The number of aromatic nitrogens is 2. The summed E-state index contributed by atoms with van der Waals surface area (Å²) in [5.74, 6) is -1.55. The van der Waals surface area contributed by atoms with Crippen LogP contribution < -0.4 is 11.1 Å². The summed E-state index contributed by atoms with van der Waals surface area (Å²) in [6, 6.07) is 5.43. The normalized spacial score (nSPS) is 10.6. The van der Waals surface area contributed by atoms with Gasteiger partial charge in [0.25, 0.3) is 11.8 Å². The number of H-pyrrole nitrogens is 1. The van der Waals surface area contributed by atoms with Crippen molar-refractivity contribution in [3.8, 4) is 11.3 Å². The largest absolute Gasteiger partial charge is 0.364 e. The van der Waals surface area contributed by atoms with Gasteiger partial charge in [0.15, 0.2) is 5.13 Å². The van der Waals surface area contributed by atoms with Gasteiger partial charge in [-0.3, -0.25) is 14.9 Å².